The fourth-order valence-corrected chi connectivity index (χ4v) is 2.18. The lowest BCUT2D eigenvalue weighted by molar-refractivity contribution is 0.101. The zero-order valence-electron chi connectivity index (χ0n) is 10.7. The second-order valence-electron chi connectivity index (χ2n) is 4.33. The summed E-state index contributed by atoms with van der Waals surface area (Å²) in [6, 6.07) is 13.9. The molecule has 0 spiro atoms. The van der Waals surface area contributed by atoms with E-state index in [1.165, 1.54) is 0 Å². The number of carbonyl (C=O) groups excluding carboxylic acids is 1. The monoisotopic (exact) mass is 286 g/mol. The topological polar surface area (TPSA) is 39.4 Å². The summed E-state index contributed by atoms with van der Waals surface area (Å²) in [5.74, 6) is 0.712. The fourth-order valence-electron chi connectivity index (χ4n) is 2.05. The van der Waals surface area contributed by atoms with E-state index in [0.717, 1.165) is 5.39 Å². The van der Waals surface area contributed by atoms with Gasteiger partial charge < -0.3 is 9.15 Å². The van der Waals surface area contributed by atoms with Gasteiger partial charge in [0.05, 0.1) is 7.11 Å². The predicted molar refractivity (Wildman–Crippen MR) is 77.7 cm³/mol. The number of ether oxygens (including phenoxy) is 1. The number of fused-ring (bicyclic) bond motifs is 1. The number of hydrogen-bond acceptors (Lipinski definition) is 3. The Morgan fingerprint density at radius 3 is 2.60 bits per heavy atom. The van der Waals surface area contributed by atoms with Crippen molar-refractivity contribution < 1.29 is 13.9 Å². The van der Waals surface area contributed by atoms with E-state index in [1.807, 2.05) is 12.1 Å². The van der Waals surface area contributed by atoms with Crippen molar-refractivity contribution in [1.82, 2.24) is 0 Å². The molecule has 0 radical (unpaired) electrons. The second kappa shape index (κ2) is 5.02. The maximum atomic E-state index is 12.3. The van der Waals surface area contributed by atoms with Crippen molar-refractivity contribution in [1.29, 1.82) is 0 Å². The SMILES string of the molecule is COc1cccc2cc(C(=O)c3ccc(Cl)cc3)oc12. The summed E-state index contributed by atoms with van der Waals surface area (Å²) in [5.41, 5.74) is 1.11. The number of para-hydroxylation sites is 1. The number of benzene rings is 2. The first kappa shape index (κ1) is 12.8. The quantitative estimate of drug-likeness (QED) is 0.673. The van der Waals surface area contributed by atoms with Crippen LogP contribution < -0.4 is 4.74 Å². The Morgan fingerprint density at radius 2 is 1.90 bits per heavy atom. The molecule has 3 aromatic rings. The largest absolute Gasteiger partial charge is 0.493 e. The van der Waals surface area contributed by atoms with Crippen LogP contribution in [0.25, 0.3) is 11.0 Å². The molecule has 0 fully saturated rings. The molecule has 0 bridgehead atoms. The van der Waals surface area contributed by atoms with Crippen LogP contribution in [0.5, 0.6) is 5.75 Å². The van der Waals surface area contributed by atoms with Crippen LogP contribution in [0.4, 0.5) is 0 Å². The molecule has 1 aromatic heterocycles. The number of furan rings is 1. The number of carbonyl (C=O) groups is 1. The van der Waals surface area contributed by atoms with Crippen molar-refractivity contribution >= 4 is 28.4 Å². The summed E-state index contributed by atoms with van der Waals surface area (Å²) in [5, 5.41) is 1.43. The lowest BCUT2D eigenvalue weighted by atomic mass is 10.1. The Morgan fingerprint density at radius 1 is 1.15 bits per heavy atom. The molecule has 0 saturated carbocycles. The average molecular weight is 287 g/mol. The minimum absolute atomic E-state index is 0.181. The first-order valence-corrected chi connectivity index (χ1v) is 6.43. The van der Waals surface area contributed by atoms with Crippen LogP contribution in [0.2, 0.25) is 5.02 Å². The van der Waals surface area contributed by atoms with Gasteiger partial charge in [0, 0.05) is 16.0 Å². The van der Waals surface area contributed by atoms with Crippen LogP contribution in [-0.2, 0) is 0 Å². The molecule has 0 saturated heterocycles. The Hall–Kier alpha value is -2.26. The standard InChI is InChI=1S/C16H11ClO3/c1-19-13-4-2-3-11-9-14(20-16(11)13)15(18)10-5-7-12(17)8-6-10/h2-9H,1H3. The zero-order chi connectivity index (χ0) is 14.1. The van der Waals surface area contributed by atoms with E-state index in [-0.39, 0.29) is 11.5 Å². The summed E-state index contributed by atoms with van der Waals surface area (Å²) in [4.78, 5) is 12.3. The molecule has 3 rings (SSSR count). The smallest absolute Gasteiger partial charge is 0.228 e. The van der Waals surface area contributed by atoms with Crippen molar-refractivity contribution in [3.8, 4) is 5.75 Å². The number of methoxy groups -OCH3 is 1. The second-order valence-corrected chi connectivity index (χ2v) is 4.76. The Balaban J connectivity index is 2.06. The number of ketones is 1. The molecular weight excluding hydrogens is 276 g/mol. The highest BCUT2D eigenvalue weighted by molar-refractivity contribution is 6.30. The van der Waals surface area contributed by atoms with Crippen LogP contribution in [0, 0.1) is 0 Å². The maximum absolute atomic E-state index is 12.3. The lowest BCUT2D eigenvalue weighted by Crippen LogP contribution is -1.98. The number of halogens is 1. The number of hydrogen-bond donors (Lipinski definition) is 0. The van der Waals surface area contributed by atoms with Gasteiger partial charge in [-0.05, 0) is 36.4 Å². The molecule has 0 unspecified atom stereocenters. The van der Waals surface area contributed by atoms with Gasteiger partial charge in [-0.15, -0.1) is 0 Å². The van der Waals surface area contributed by atoms with Crippen molar-refractivity contribution in [2.45, 2.75) is 0 Å². The molecule has 0 aliphatic carbocycles. The van der Waals surface area contributed by atoms with E-state index in [2.05, 4.69) is 0 Å². The molecule has 3 nitrogen and oxygen atoms in total. The lowest BCUT2D eigenvalue weighted by Gasteiger charge is -1.99. The minimum atomic E-state index is -0.181. The highest BCUT2D eigenvalue weighted by atomic mass is 35.5. The molecule has 0 aliphatic rings. The third kappa shape index (κ3) is 2.17. The van der Waals surface area contributed by atoms with Gasteiger partial charge in [-0.2, -0.15) is 0 Å². The zero-order valence-corrected chi connectivity index (χ0v) is 11.5. The van der Waals surface area contributed by atoms with Crippen molar-refractivity contribution in [2.24, 2.45) is 0 Å². The summed E-state index contributed by atoms with van der Waals surface area (Å²) in [6.07, 6.45) is 0. The van der Waals surface area contributed by atoms with Gasteiger partial charge in [0.15, 0.2) is 17.1 Å². The molecular formula is C16H11ClO3. The highest BCUT2D eigenvalue weighted by Crippen LogP contribution is 2.29. The molecule has 0 atom stereocenters. The molecule has 0 amide bonds. The van der Waals surface area contributed by atoms with Crippen molar-refractivity contribution in [2.75, 3.05) is 7.11 Å². The van der Waals surface area contributed by atoms with Crippen LogP contribution in [-0.4, -0.2) is 12.9 Å². The van der Waals surface area contributed by atoms with Gasteiger partial charge >= 0.3 is 0 Å². The predicted octanol–water partition coefficient (Wildman–Crippen LogP) is 4.33. The van der Waals surface area contributed by atoms with E-state index in [9.17, 15) is 4.79 Å². The molecule has 100 valence electrons. The maximum Gasteiger partial charge on any atom is 0.228 e. The molecule has 2 aromatic carbocycles. The first-order chi connectivity index (χ1) is 9.69. The van der Waals surface area contributed by atoms with Crippen LogP contribution in [0.1, 0.15) is 16.1 Å². The Labute approximate surface area is 120 Å². The molecule has 0 aliphatic heterocycles. The van der Waals surface area contributed by atoms with Gasteiger partial charge in [0.1, 0.15) is 0 Å². The van der Waals surface area contributed by atoms with Crippen molar-refractivity contribution in [3.05, 3.63) is 64.9 Å². The van der Waals surface area contributed by atoms with Crippen LogP contribution in [0.15, 0.2) is 52.9 Å². The first-order valence-electron chi connectivity index (χ1n) is 6.06. The van der Waals surface area contributed by atoms with Gasteiger partial charge in [-0.25, -0.2) is 0 Å². The summed E-state index contributed by atoms with van der Waals surface area (Å²) >= 11 is 5.81. The minimum Gasteiger partial charge on any atom is -0.493 e. The third-order valence-electron chi connectivity index (χ3n) is 3.06. The highest BCUT2D eigenvalue weighted by Gasteiger charge is 2.16. The fraction of sp³-hybridized carbons (Fsp3) is 0.0625. The molecule has 1 heterocycles. The molecule has 0 N–H and O–H groups in total. The van der Waals surface area contributed by atoms with Crippen LogP contribution in [0.3, 0.4) is 0 Å². The van der Waals surface area contributed by atoms with E-state index in [4.69, 9.17) is 20.8 Å². The van der Waals surface area contributed by atoms with Gasteiger partial charge in [0.2, 0.25) is 5.78 Å². The van der Waals surface area contributed by atoms with Gasteiger partial charge in [-0.1, -0.05) is 23.7 Å². The van der Waals surface area contributed by atoms with Gasteiger partial charge in [0.25, 0.3) is 0 Å². The Bertz CT molecular complexity index is 772. The molecule has 4 heteroatoms. The van der Waals surface area contributed by atoms with E-state index in [1.54, 1.807) is 43.5 Å². The summed E-state index contributed by atoms with van der Waals surface area (Å²) < 4.78 is 10.8. The van der Waals surface area contributed by atoms with Crippen molar-refractivity contribution in [3.63, 3.8) is 0 Å². The van der Waals surface area contributed by atoms with E-state index < -0.39 is 0 Å². The average Bonchev–Trinajstić information content (AvgIpc) is 2.91. The van der Waals surface area contributed by atoms with Crippen LogP contribution >= 0.6 is 11.6 Å². The van der Waals surface area contributed by atoms with E-state index >= 15 is 0 Å². The normalized spacial score (nSPS) is 10.7. The summed E-state index contributed by atoms with van der Waals surface area (Å²) in [6.45, 7) is 0. The van der Waals surface area contributed by atoms with Gasteiger partial charge in [-0.3, -0.25) is 4.79 Å². The number of rotatable bonds is 3. The third-order valence-corrected chi connectivity index (χ3v) is 3.31. The Kier molecular flexibility index (Phi) is 3.20. The van der Waals surface area contributed by atoms with E-state index in [0.29, 0.717) is 21.9 Å². The summed E-state index contributed by atoms with van der Waals surface area (Å²) in [7, 11) is 1.57. The molecule has 20 heavy (non-hydrogen) atoms.